The molecule has 0 aliphatic carbocycles. The van der Waals surface area contributed by atoms with Crippen molar-refractivity contribution >= 4 is 17.2 Å². The van der Waals surface area contributed by atoms with Crippen LogP contribution in [0, 0.1) is 18.8 Å². The number of alkyl halides is 3. The number of benzene rings is 2. The summed E-state index contributed by atoms with van der Waals surface area (Å²) in [7, 11) is 0. The Morgan fingerprint density at radius 3 is 2.65 bits per heavy atom. The van der Waals surface area contributed by atoms with Crippen molar-refractivity contribution in [3.05, 3.63) is 113 Å². The van der Waals surface area contributed by atoms with E-state index in [1.807, 2.05) is 6.92 Å². The van der Waals surface area contributed by atoms with Crippen LogP contribution < -0.4 is 5.32 Å². The molecule has 0 atom stereocenters. The average Bonchev–Trinajstić information content (AvgIpc) is 3.54. The van der Waals surface area contributed by atoms with Crippen molar-refractivity contribution < 1.29 is 18.0 Å². The molecule has 0 unspecified atom stereocenters. The van der Waals surface area contributed by atoms with Crippen LogP contribution >= 0.6 is 0 Å². The van der Waals surface area contributed by atoms with Gasteiger partial charge in [0.15, 0.2) is 5.65 Å². The normalized spacial score (nSPS) is 11.2. The predicted octanol–water partition coefficient (Wildman–Crippen LogP) is 4.95. The number of anilines is 1. The summed E-state index contributed by atoms with van der Waals surface area (Å²) in [6.45, 7) is 1.87. The number of hydrogen-bond acceptors (Lipinski definition) is 4. The number of carbonyl (C=O) groups is 1. The molecule has 5 aromatic rings. The van der Waals surface area contributed by atoms with Gasteiger partial charge in [0, 0.05) is 48.1 Å². The maximum Gasteiger partial charge on any atom is 0.416 e. The van der Waals surface area contributed by atoms with E-state index in [9.17, 15) is 18.0 Å². The third-order valence-corrected chi connectivity index (χ3v) is 5.73. The zero-order chi connectivity index (χ0) is 26.0. The summed E-state index contributed by atoms with van der Waals surface area (Å²) in [5, 5.41) is 2.57. The standard InChI is InChI=1S/C27H19F3N6O/c1-18-2-3-20(12-19(18)5-7-23-14-33-25-15-31-9-11-36(23)25)26(37)34-22-6-4-21(16-35-10-8-32-17-35)24(13-22)27(28,29)30/h2-4,6,8-15,17H,16H2,1H3,(H,34,37). The van der Waals surface area contributed by atoms with Gasteiger partial charge < -0.3 is 9.88 Å². The highest BCUT2D eigenvalue weighted by molar-refractivity contribution is 6.04. The minimum absolute atomic E-state index is 0.00600. The number of imidazole rings is 2. The molecule has 184 valence electrons. The Hall–Kier alpha value is -4.91. The van der Waals surface area contributed by atoms with Gasteiger partial charge in [-0.05, 0) is 48.2 Å². The lowest BCUT2D eigenvalue weighted by Crippen LogP contribution is -2.15. The maximum absolute atomic E-state index is 13.8. The average molecular weight is 500 g/mol. The molecule has 37 heavy (non-hydrogen) atoms. The predicted molar refractivity (Wildman–Crippen MR) is 131 cm³/mol. The number of hydrogen-bond donors (Lipinski definition) is 1. The van der Waals surface area contributed by atoms with Crippen LogP contribution in [0.15, 0.2) is 79.9 Å². The number of amides is 1. The van der Waals surface area contributed by atoms with Crippen molar-refractivity contribution in [3.63, 3.8) is 0 Å². The second-order valence-corrected chi connectivity index (χ2v) is 8.29. The van der Waals surface area contributed by atoms with Gasteiger partial charge in [0.25, 0.3) is 5.91 Å². The van der Waals surface area contributed by atoms with Crippen molar-refractivity contribution in [2.75, 3.05) is 5.32 Å². The van der Waals surface area contributed by atoms with Crippen molar-refractivity contribution in [1.82, 2.24) is 23.9 Å². The summed E-state index contributed by atoms with van der Waals surface area (Å²) in [5.74, 6) is 5.56. The molecule has 7 nitrogen and oxygen atoms in total. The number of aryl methyl sites for hydroxylation is 1. The van der Waals surface area contributed by atoms with E-state index in [-0.39, 0.29) is 23.4 Å². The zero-order valence-corrected chi connectivity index (χ0v) is 19.5. The third kappa shape index (κ3) is 5.21. The van der Waals surface area contributed by atoms with Crippen LogP contribution in [0.3, 0.4) is 0 Å². The molecule has 2 aromatic carbocycles. The van der Waals surface area contributed by atoms with Crippen LogP contribution in [0.1, 0.15) is 38.3 Å². The molecule has 1 N–H and O–H groups in total. The molecule has 1 amide bonds. The van der Waals surface area contributed by atoms with E-state index < -0.39 is 17.6 Å². The number of rotatable bonds is 4. The molecule has 10 heteroatoms. The first-order valence-electron chi connectivity index (χ1n) is 11.1. The molecule has 0 spiro atoms. The molecule has 0 aliphatic heterocycles. The third-order valence-electron chi connectivity index (χ3n) is 5.73. The second-order valence-electron chi connectivity index (χ2n) is 8.29. The highest BCUT2D eigenvalue weighted by Gasteiger charge is 2.33. The lowest BCUT2D eigenvalue weighted by molar-refractivity contribution is -0.138. The maximum atomic E-state index is 13.8. The van der Waals surface area contributed by atoms with Crippen molar-refractivity contribution in [3.8, 4) is 11.8 Å². The molecule has 3 heterocycles. The van der Waals surface area contributed by atoms with Crippen LogP contribution in [0.5, 0.6) is 0 Å². The first-order chi connectivity index (χ1) is 17.8. The van der Waals surface area contributed by atoms with Gasteiger partial charge in [-0.1, -0.05) is 18.1 Å². The molecule has 5 rings (SSSR count). The van der Waals surface area contributed by atoms with Crippen LogP contribution in [-0.2, 0) is 12.7 Å². The van der Waals surface area contributed by atoms with Gasteiger partial charge >= 0.3 is 6.18 Å². The Labute approximate surface area is 209 Å². The molecule has 3 aromatic heterocycles. The van der Waals surface area contributed by atoms with E-state index in [2.05, 4.69) is 32.1 Å². The molecular weight excluding hydrogens is 481 g/mol. The van der Waals surface area contributed by atoms with Crippen molar-refractivity contribution in [2.45, 2.75) is 19.6 Å². The molecule has 0 aliphatic rings. The Morgan fingerprint density at radius 1 is 1.03 bits per heavy atom. The molecule has 0 bridgehead atoms. The highest BCUT2D eigenvalue weighted by atomic mass is 19.4. The monoisotopic (exact) mass is 500 g/mol. The number of aromatic nitrogens is 5. The summed E-state index contributed by atoms with van der Waals surface area (Å²) in [6.07, 6.45) is 6.57. The van der Waals surface area contributed by atoms with Gasteiger partial charge in [-0.2, -0.15) is 13.2 Å². The summed E-state index contributed by atoms with van der Waals surface area (Å²) in [5.41, 5.74) is 2.34. The fourth-order valence-corrected chi connectivity index (χ4v) is 3.80. The Bertz CT molecular complexity index is 1660. The van der Waals surface area contributed by atoms with Crippen molar-refractivity contribution in [2.24, 2.45) is 0 Å². The van der Waals surface area contributed by atoms with Gasteiger partial charge in [0.1, 0.15) is 5.69 Å². The largest absolute Gasteiger partial charge is 0.416 e. The fraction of sp³-hybridized carbons (Fsp3) is 0.111. The lowest BCUT2D eigenvalue weighted by atomic mass is 10.0. The minimum atomic E-state index is -4.59. The van der Waals surface area contributed by atoms with E-state index >= 15 is 0 Å². The first kappa shape index (κ1) is 23.8. The van der Waals surface area contributed by atoms with Gasteiger partial charge in [0.05, 0.1) is 24.3 Å². The highest BCUT2D eigenvalue weighted by Crippen LogP contribution is 2.34. The number of nitrogens with zero attached hydrogens (tertiary/aromatic N) is 5. The summed E-state index contributed by atoms with van der Waals surface area (Å²) >= 11 is 0. The molecule has 0 radical (unpaired) electrons. The number of carbonyl (C=O) groups excluding carboxylic acids is 1. The number of halogens is 3. The van der Waals surface area contributed by atoms with Crippen LogP contribution in [0.4, 0.5) is 18.9 Å². The molecule has 0 saturated heterocycles. The number of fused-ring (bicyclic) bond motifs is 1. The quantitative estimate of drug-likeness (QED) is 0.354. The second kappa shape index (κ2) is 9.62. The Kier molecular flexibility index (Phi) is 6.19. The SMILES string of the molecule is Cc1ccc(C(=O)Nc2ccc(Cn3ccnc3)c(C(F)(F)F)c2)cc1C#Cc1cnc2cnccn12. The zero-order valence-electron chi connectivity index (χ0n) is 19.5. The Morgan fingerprint density at radius 2 is 1.86 bits per heavy atom. The van der Waals surface area contributed by atoms with Gasteiger partial charge in [-0.15, -0.1) is 0 Å². The van der Waals surface area contributed by atoms with Gasteiger partial charge in [-0.25, -0.2) is 9.97 Å². The van der Waals surface area contributed by atoms with Crippen LogP contribution in [0.2, 0.25) is 0 Å². The number of nitrogens with one attached hydrogen (secondary N) is 1. The smallest absolute Gasteiger partial charge is 0.333 e. The summed E-state index contributed by atoms with van der Waals surface area (Å²) in [4.78, 5) is 25.0. The van der Waals surface area contributed by atoms with Crippen LogP contribution in [-0.4, -0.2) is 29.8 Å². The summed E-state index contributed by atoms with van der Waals surface area (Å²) < 4.78 is 44.6. The van der Waals surface area contributed by atoms with E-state index in [1.165, 1.54) is 24.7 Å². The first-order valence-corrected chi connectivity index (χ1v) is 11.1. The molecular formula is C27H19F3N6O. The topological polar surface area (TPSA) is 77.1 Å². The fourth-order valence-electron chi connectivity index (χ4n) is 3.80. The molecule has 0 saturated carbocycles. The van der Waals surface area contributed by atoms with E-state index in [0.29, 0.717) is 16.9 Å². The van der Waals surface area contributed by atoms with E-state index in [4.69, 9.17) is 0 Å². The van der Waals surface area contributed by atoms with Gasteiger partial charge in [0.2, 0.25) is 0 Å². The lowest BCUT2D eigenvalue weighted by Gasteiger charge is -2.15. The molecule has 0 fully saturated rings. The minimum Gasteiger partial charge on any atom is -0.333 e. The van der Waals surface area contributed by atoms with Gasteiger partial charge in [-0.3, -0.25) is 14.2 Å². The van der Waals surface area contributed by atoms with E-state index in [1.54, 1.807) is 58.2 Å². The van der Waals surface area contributed by atoms with E-state index in [0.717, 1.165) is 11.6 Å². The summed E-state index contributed by atoms with van der Waals surface area (Å²) in [6, 6.07) is 8.71. The Balaban J connectivity index is 1.39. The van der Waals surface area contributed by atoms with Crippen molar-refractivity contribution in [1.29, 1.82) is 0 Å². The van der Waals surface area contributed by atoms with Crippen LogP contribution in [0.25, 0.3) is 5.65 Å².